The SMILES string of the molecule is Cc1cccnc1CNc1ccc(Br)cc1[N+](=O)[O-]. The summed E-state index contributed by atoms with van der Waals surface area (Å²) in [5.74, 6) is 0. The summed E-state index contributed by atoms with van der Waals surface area (Å²) in [4.78, 5) is 14.8. The predicted octanol–water partition coefficient (Wildman–Crippen LogP) is 3.67. The number of hydrogen-bond donors (Lipinski definition) is 1. The van der Waals surface area contributed by atoms with E-state index in [-0.39, 0.29) is 5.69 Å². The Bertz CT molecular complexity index is 617. The second-order valence-corrected chi connectivity index (χ2v) is 4.95. The Labute approximate surface area is 119 Å². The number of pyridine rings is 1. The molecule has 0 atom stereocenters. The Morgan fingerprint density at radius 1 is 1.42 bits per heavy atom. The minimum Gasteiger partial charge on any atom is -0.374 e. The van der Waals surface area contributed by atoms with Crippen molar-refractivity contribution in [3.63, 3.8) is 0 Å². The Balaban J connectivity index is 2.20. The maximum atomic E-state index is 11.0. The lowest BCUT2D eigenvalue weighted by molar-refractivity contribution is -0.384. The van der Waals surface area contributed by atoms with Crippen molar-refractivity contribution in [2.45, 2.75) is 13.5 Å². The quantitative estimate of drug-likeness (QED) is 0.689. The number of aromatic nitrogens is 1. The van der Waals surface area contributed by atoms with Crippen LogP contribution in [0.25, 0.3) is 0 Å². The van der Waals surface area contributed by atoms with Gasteiger partial charge in [-0.15, -0.1) is 0 Å². The summed E-state index contributed by atoms with van der Waals surface area (Å²) in [6.45, 7) is 2.41. The first-order chi connectivity index (χ1) is 9.08. The average Bonchev–Trinajstić information content (AvgIpc) is 2.38. The van der Waals surface area contributed by atoms with Crippen LogP contribution >= 0.6 is 15.9 Å². The van der Waals surface area contributed by atoms with Gasteiger partial charge < -0.3 is 5.32 Å². The van der Waals surface area contributed by atoms with Crippen LogP contribution in [0.1, 0.15) is 11.3 Å². The van der Waals surface area contributed by atoms with E-state index in [1.165, 1.54) is 6.07 Å². The molecule has 0 aliphatic rings. The fourth-order valence-corrected chi connectivity index (χ4v) is 2.04. The van der Waals surface area contributed by atoms with Crippen LogP contribution in [0.15, 0.2) is 41.0 Å². The zero-order chi connectivity index (χ0) is 13.8. The molecule has 98 valence electrons. The number of hydrogen-bond acceptors (Lipinski definition) is 4. The number of halogens is 1. The number of rotatable bonds is 4. The van der Waals surface area contributed by atoms with Crippen LogP contribution in [0.3, 0.4) is 0 Å². The van der Waals surface area contributed by atoms with Gasteiger partial charge in [-0.3, -0.25) is 15.1 Å². The maximum absolute atomic E-state index is 11.0. The molecule has 0 saturated carbocycles. The summed E-state index contributed by atoms with van der Waals surface area (Å²) in [6, 6.07) is 8.75. The highest BCUT2D eigenvalue weighted by atomic mass is 79.9. The first kappa shape index (κ1) is 13.5. The minimum atomic E-state index is -0.404. The highest BCUT2D eigenvalue weighted by Gasteiger charge is 2.14. The Hall–Kier alpha value is -1.95. The third-order valence-electron chi connectivity index (χ3n) is 2.72. The Kier molecular flexibility index (Phi) is 4.11. The van der Waals surface area contributed by atoms with Crippen LogP contribution in [-0.2, 0) is 6.54 Å². The fraction of sp³-hybridized carbons (Fsp3) is 0.154. The molecular formula is C13H12BrN3O2. The van der Waals surface area contributed by atoms with Gasteiger partial charge in [-0.1, -0.05) is 22.0 Å². The third-order valence-corrected chi connectivity index (χ3v) is 3.21. The van der Waals surface area contributed by atoms with Gasteiger partial charge in [0.25, 0.3) is 5.69 Å². The first-order valence-electron chi connectivity index (χ1n) is 5.66. The van der Waals surface area contributed by atoms with E-state index in [4.69, 9.17) is 0 Å². The van der Waals surface area contributed by atoms with Gasteiger partial charge in [-0.25, -0.2) is 0 Å². The molecule has 1 aromatic carbocycles. The molecule has 0 saturated heterocycles. The number of nitrogens with one attached hydrogen (secondary N) is 1. The van der Waals surface area contributed by atoms with Crippen LogP contribution in [-0.4, -0.2) is 9.91 Å². The van der Waals surface area contributed by atoms with Crippen molar-refractivity contribution in [2.24, 2.45) is 0 Å². The van der Waals surface area contributed by atoms with Crippen molar-refractivity contribution >= 4 is 27.3 Å². The molecular weight excluding hydrogens is 310 g/mol. The van der Waals surface area contributed by atoms with Crippen molar-refractivity contribution in [3.8, 4) is 0 Å². The van der Waals surface area contributed by atoms with E-state index in [1.54, 1.807) is 18.3 Å². The molecule has 0 aliphatic carbocycles. The lowest BCUT2D eigenvalue weighted by atomic mass is 10.2. The summed E-state index contributed by atoms with van der Waals surface area (Å²) in [7, 11) is 0. The van der Waals surface area contributed by atoms with Gasteiger partial charge in [0, 0.05) is 16.7 Å². The molecule has 0 bridgehead atoms. The molecule has 0 spiro atoms. The van der Waals surface area contributed by atoms with E-state index in [0.29, 0.717) is 16.7 Å². The topological polar surface area (TPSA) is 68.1 Å². The number of nitro groups is 1. The summed E-state index contributed by atoms with van der Waals surface area (Å²) in [5, 5.41) is 14.0. The van der Waals surface area contributed by atoms with Gasteiger partial charge in [0.1, 0.15) is 5.69 Å². The molecule has 1 aromatic heterocycles. The maximum Gasteiger partial charge on any atom is 0.293 e. The fourth-order valence-electron chi connectivity index (χ4n) is 1.69. The number of nitrogens with zero attached hydrogens (tertiary/aromatic N) is 2. The zero-order valence-electron chi connectivity index (χ0n) is 10.3. The van der Waals surface area contributed by atoms with Crippen molar-refractivity contribution in [2.75, 3.05) is 5.32 Å². The molecule has 6 heteroatoms. The summed E-state index contributed by atoms with van der Waals surface area (Å²) in [6.07, 6.45) is 1.71. The second-order valence-electron chi connectivity index (χ2n) is 4.04. The van der Waals surface area contributed by atoms with E-state index >= 15 is 0 Å². The van der Waals surface area contributed by atoms with Crippen LogP contribution in [0, 0.1) is 17.0 Å². The Morgan fingerprint density at radius 2 is 2.21 bits per heavy atom. The normalized spacial score (nSPS) is 10.2. The molecule has 1 heterocycles. The number of nitro benzene ring substituents is 1. The van der Waals surface area contributed by atoms with E-state index in [9.17, 15) is 10.1 Å². The Morgan fingerprint density at radius 3 is 2.89 bits per heavy atom. The first-order valence-corrected chi connectivity index (χ1v) is 6.45. The van der Waals surface area contributed by atoms with Gasteiger partial charge in [-0.2, -0.15) is 0 Å². The van der Waals surface area contributed by atoms with E-state index in [1.807, 2.05) is 19.1 Å². The van der Waals surface area contributed by atoms with Gasteiger partial charge in [0.05, 0.1) is 17.2 Å². The largest absolute Gasteiger partial charge is 0.374 e. The summed E-state index contributed by atoms with van der Waals surface area (Å²) in [5.41, 5.74) is 2.45. The van der Waals surface area contributed by atoms with Crippen LogP contribution in [0.4, 0.5) is 11.4 Å². The van der Waals surface area contributed by atoms with E-state index in [0.717, 1.165) is 11.3 Å². The van der Waals surface area contributed by atoms with Crippen molar-refractivity contribution in [3.05, 3.63) is 62.4 Å². The summed E-state index contributed by atoms with van der Waals surface area (Å²) < 4.78 is 0.679. The highest BCUT2D eigenvalue weighted by Crippen LogP contribution is 2.28. The molecule has 19 heavy (non-hydrogen) atoms. The van der Waals surface area contributed by atoms with Gasteiger partial charge in [-0.05, 0) is 30.7 Å². The number of anilines is 1. The average molecular weight is 322 g/mol. The van der Waals surface area contributed by atoms with Crippen LogP contribution in [0.2, 0.25) is 0 Å². The van der Waals surface area contributed by atoms with E-state index < -0.39 is 4.92 Å². The predicted molar refractivity (Wildman–Crippen MR) is 77.1 cm³/mol. The summed E-state index contributed by atoms with van der Waals surface area (Å²) >= 11 is 3.23. The third kappa shape index (κ3) is 3.29. The van der Waals surface area contributed by atoms with Crippen molar-refractivity contribution in [1.82, 2.24) is 4.98 Å². The molecule has 0 amide bonds. The van der Waals surface area contributed by atoms with Gasteiger partial charge >= 0.3 is 0 Å². The van der Waals surface area contributed by atoms with Crippen molar-refractivity contribution < 1.29 is 4.92 Å². The second kappa shape index (κ2) is 5.79. The van der Waals surface area contributed by atoms with Crippen LogP contribution < -0.4 is 5.32 Å². The lowest BCUT2D eigenvalue weighted by Gasteiger charge is -2.08. The monoisotopic (exact) mass is 321 g/mol. The number of benzene rings is 1. The molecule has 5 nitrogen and oxygen atoms in total. The van der Waals surface area contributed by atoms with Gasteiger partial charge in [0.15, 0.2) is 0 Å². The smallest absolute Gasteiger partial charge is 0.293 e. The molecule has 0 aliphatic heterocycles. The zero-order valence-corrected chi connectivity index (χ0v) is 11.8. The molecule has 0 fully saturated rings. The molecule has 2 aromatic rings. The van der Waals surface area contributed by atoms with Crippen LogP contribution in [0.5, 0.6) is 0 Å². The standard InChI is InChI=1S/C13H12BrN3O2/c1-9-3-2-6-15-12(9)8-16-11-5-4-10(14)7-13(11)17(18)19/h2-7,16H,8H2,1H3. The number of aryl methyl sites for hydroxylation is 1. The minimum absolute atomic E-state index is 0.0444. The lowest BCUT2D eigenvalue weighted by Crippen LogP contribution is -2.05. The molecule has 2 rings (SSSR count). The van der Waals surface area contributed by atoms with Gasteiger partial charge in [0.2, 0.25) is 0 Å². The van der Waals surface area contributed by atoms with E-state index in [2.05, 4.69) is 26.2 Å². The molecule has 1 N–H and O–H groups in total. The molecule has 0 radical (unpaired) electrons. The highest BCUT2D eigenvalue weighted by molar-refractivity contribution is 9.10. The molecule has 0 unspecified atom stereocenters. The van der Waals surface area contributed by atoms with Crippen molar-refractivity contribution in [1.29, 1.82) is 0 Å².